The molecule has 32 heavy (non-hydrogen) atoms. The van der Waals surface area contributed by atoms with Gasteiger partial charge >= 0.3 is 6.18 Å². The number of aromatic nitrogens is 3. The maximum atomic E-state index is 12.9. The molecule has 0 aliphatic carbocycles. The topological polar surface area (TPSA) is 63.1 Å². The van der Waals surface area contributed by atoms with Crippen molar-refractivity contribution in [1.29, 1.82) is 0 Å². The van der Waals surface area contributed by atoms with Crippen molar-refractivity contribution in [1.82, 2.24) is 19.7 Å². The van der Waals surface area contributed by atoms with Gasteiger partial charge in [0.15, 0.2) is 11.0 Å². The van der Waals surface area contributed by atoms with Crippen LogP contribution in [0.1, 0.15) is 24.4 Å². The highest BCUT2D eigenvalue weighted by atomic mass is 35.5. The smallest absolute Gasteiger partial charge is 0.325 e. The summed E-state index contributed by atoms with van der Waals surface area (Å²) in [6, 6.07) is 11.6. The summed E-state index contributed by atoms with van der Waals surface area (Å²) in [6.45, 7) is 1.98. The Morgan fingerprint density at radius 3 is 2.50 bits per heavy atom. The molecule has 11 heteroatoms. The van der Waals surface area contributed by atoms with Gasteiger partial charge in [-0.1, -0.05) is 29.4 Å². The molecule has 170 valence electrons. The minimum absolute atomic E-state index is 0.0572. The minimum Gasteiger partial charge on any atom is -0.325 e. The van der Waals surface area contributed by atoms with Crippen LogP contribution in [0.5, 0.6) is 0 Å². The molecule has 1 atom stereocenters. The van der Waals surface area contributed by atoms with E-state index in [9.17, 15) is 18.0 Å². The van der Waals surface area contributed by atoms with Crippen molar-refractivity contribution in [2.24, 2.45) is 0 Å². The Bertz CT molecular complexity index is 1090. The number of nitrogens with one attached hydrogen (secondary N) is 1. The highest BCUT2D eigenvalue weighted by Gasteiger charge is 2.30. The molecule has 0 fully saturated rings. The number of anilines is 1. The van der Waals surface area contributed by atoms with Gasteiger partial charge in [-0.15, -0.1) is 10.2 Å². The molecule has 1 N–H and O–H groups in total. The average Bonchev–Trinajstić information content (AvgIpc) is 3.15. The van der Waals surface area contributed by atoms with Crippen molar-refractivity contribution in [3.8, 4) is 5.69 Å². The number of carbonyl (C=O) groups is 1. The van der Waals surface area contributed by atoms with Crippen LogP contribution in [0.15, 0.2) is 53.7 Å². The number of nitrogens with zero attached hydrogens (tertiary/aromatic N) is 4. The molecule has 1 heterocycles. The van der Waals surface area contributed by atoms with Gasteiger partial charge in [-0.25, -0.2) is 0 Å². The number of alkyl halides is 3. The Morgan fingerprint density at radius 1 is 1.19 bits per heavy atom. The van der Waals surface area contributed by atoms with E-state index >= 15 is 0 Å². The molecule has 1 aromatic heterocycles. The number of rotatable bonds is 7. The molecule has 3 aromatic rings. The molecule has 0 aliphatic rings. The third-order valence-electron chi connectivity index (χ3n) is 4.70. The molecule has 0 radical (unpaired) electrons. The highest BCUT2D eigenvalue weighted by molar-refractivity contribution is 7.99. The lowest BCUT2D eigenvalue weighted by Crippen LogP contribution is -2.21. The fourth-order valence-corrected chi connectivity index (χ4v) is 3.69. The molecule has 0 bridgehead atoms. The first kappa shape index (κ1) is 24.1. The molecule has 0 saturated heterocycles. The quantitative estimate of drug-likeness (QED) is 0.462. The van der Waals surface area contributed by atoms with Gasteiger partial charge in [0.05, 0.1) is 17.4 Å². The maximum Gasteiger partial charge on any atom is 0.416 e. The van der Waals surface area contributed by atoms with Gasteiger partial charge < -0.3 is 5.32 Å². The van der Waals surface area contributed by atoms with Gasteiger partial charge in [0.25, 0.3) is 0 Å². The summed E-state index contributed by atoms with van der Waals surface area (Å²) in [4.78, 5) is 14.4. The lowest BCUT2D eigenvalue weighted by atomic mass is 10.2. The normalized spacial score (nSPS) is 12.8. The van der Waals surface area contributed by atoms with E-state index in [2.05, 4.69) is 15.5 Å². The second kappa shape index (κ2) is 9.93. The third kappa shape index (κ3) is 5.81. The molecule has 3 rings (SSSR count). The van der Waals surface area contributed by atoms with Crippen molar-refractivity contribution in [3.63, 3.8) is 0 Å². The predicted octanol–water partition coefficient (Wildman–Crippen LogP) is 5.29. The van der Waals surface area contributed by atoms with Crippen molar-refractivity contribution >= 4 is 35.0 Å². The van der Waals surface area contributed by atoms with Gasteiger partial charge in [0.2, 0.25) is 5.91 Å². The van der Waals surface area contributed by atoms with Gasteiger partial charge in [-0.2, -0.15) is 13.2 Å². The number of benzene rings is 2. The molecule has 0 spiro atoms. The molecule has 2 aromatic carbocycles. The van der Waals surface area contributed by atoms with Crippen LogP contribution in [-0.2, 0) is 11.0 Å². The average molecular weight is 484 g/mol. The summed E-state index contributed by atoms with van der Waals surface area (Å²) in [5.74, 6) is 0.165. The van der Waals surface area contributed by atoms with Gasteiger partial charge in [0, 0.05) is 16.4 Å². The Hall–Kier alpha value is -2.56. The summed E-state index contributed by atoms with van der Waals surface area (Å²) >= 11 is 7.14. The predicted molar refractivity (Wildman–Crippen MR) is 119 cm³/mol. The van der Waals surface area contributed by atoms with Crippen LogP contribution in [0, 0.1) is 0 Å². The zero-order valence-corrected chi connectivity index (χ0v) is 19.1. The molecule has 6 nitrogen and oxygen atoms in total. The van der Waals surface area contributed by atoms with Crippen LogP contribution in [0.25, 0.3) is 5.69 Å². The Labute approximate surface area is 192 Å². The number of hydrogen-bond donors (Lipinski definition) is 1. The fourth-order valence-electron chi connectivity index (χ4n) is 2.81. The van der Waals surface area contributed by atoms with Gasteiger partial charge in [-0.3, -0.25) is 14.3 Å². The lowest BCUT2D eigenvalue weighted by Gasteiger charge is -2.20. The number of halogens is 4. The minimum atomic E-state index is -4.48. The zero-order chi connectivity index (χ0) is 23.5. The maximum absolute atomic E-state index is 12.9. The molecule has 0 saturated carbocycles. The largest absolute Gasteiger partial charge is 0.416 e. The van der Waals surface area contributed by atoms with Gasteiger partial charge in [-0.05, 0) is 63.5 Å². The Morgan fingerprint density at radius 2 is 1.88 bits per heavy atom. The monoisotopic (exact) mass is 483 g/mol. The first-order chi connectivity index (χ1) is 15.1. The standard InChI is InChI=1S/C21H21ClF3N5OS/c1-13(29(2)3)19-27-28-20(30(19)17-9-7-15(22)8-10-17)32-12-18(31)26-16-6-4-5-14(11-16)21(23,24)25/h4-11,13H,12H2,1-3H3,(H,26,31)/t13-/m1/s1. The van der Waals surface area contributed by atoms with Crippen molar-refractivity contribution < 1.29 is 18.0 Å². The molecule has 0 aliphatic heterocycles. The Kier molecular flexibility index (Phi) is 7.47. The summed E-state index contributed by atoms with van der Waals surface area (Å²) in [5.41, 5.74) is 0.0307. The summed E-state index contributed by atoms with van der Waals surface area (Å²) in [6.07, 6.45) is -4.48. The zero-order valence-electron chi connectivity index (χ0n) is 17.5. The first-order valence-corrected chi connectivity index (χ1v) is 10.9. The van der Waals surface area contributed by atoms with Crippen LogP contribution in [0.4, 0.5) is 18.9 Å². The fraction of sp³-hybridized carbons (Fsp3) is 0.286. The van der Waals surface area contributed by atoms with E-state index < -0.39 is 17.6 Å². The number of thioether (sulfide) groups is 1. The summed E-state index contributed by atoms with van der Waals surface area (Å²) < 4.78 is 40.5. The first-order valence-electron chi connectivity index (χ1n) is 9.54. The SMILES string of the molecule is C[C@H](c1nnc(SCC(=O)Nc2cccc(C(F)(F)F)c2)n1-c1ccc(Cl)cc1)N(C)C. The van der Waals surface area contributed by atoms with Gasteiger partial charge in [0.1, 0.15) is 0 Å². The van der Waals surface area contributed by atoms with Crippen LogP contribution in [-0.4, -0.2) is 45.4 Å². The van der Waals surface area contributed by atoms with E-state index in [0.29, 0.717) is 16.0 Å². The Balaban J connectivity index is 1.79. The van der Waals surface area contributed by atoms with E-state index in [1.165, 1.54) is 12.1 Å². The van der Waals surface area contributed by atoms with Crippen LogP contribution >= 0.6 is 23.4 Å². The second-order valence-electron chi connectivity index (χ2n) is 7.21. The number of hydrogen-bond acceptors (Lipinski definition) is 5. The summed E-state index contributed by atoms with van der Waals surface area (Å²) in [5, 5.41) is 12.1. The summed E-state index contributed by atoms with van der Waals surface area (Å²) in [7, 11) is 3.84. The van der Waals surface area contributed by atoms with E-state index in [-0.39, 0.29) is 17.5 Å². The number of amides is 1. The molecular formula is C21H21ClF3N5OS. The third-order valence-corrected chi connectivity index (χ3v) is 5.88. The van der Waals surface area contributed by atoms with E-state index in [1.807, 2.05) is 42.6 Å². The van der Waals surface area contributed by atoms with Crippen LogP contribution in [0.3, 0.4) is 0 Å². The van der Waals surface area contributed by atoms with Crippen molar-refractivity contribution in [3.05, 3.63) is 64.9 Å². The highest BCUT2D eigenvalue weighted by Crippen LogP contribution is 2.31. The molecule has 1 amide bonds. The van der Waals surface area contributed by atoms with Crippen molar-refractivity contribution in [2.45, 2.75) is 24.3 Å². The van der Waals surface area contributed by atoms with Crippen LogP contribution < -0.4 is 5.32 Å². The second-order valence-corrected chi connectivity index (χ2v) is 8.59. The molecular weight excluding hydrogens is 463 g/mol. The van der Waals surface area contributed by atoms with E-state index in [4.69, 9.17) is 11.6 Å². The molecule has 0 unspecified atom stereocenters. The lowest BCUT2D eigenvalue weighted by molar-refractivity contribution is -0.137. The van der Waals surface area contributed by atoms with Crippen LogP contribution in [0.2, 0.25) is 5.02 Å². The number of carbonyl (C=O) groups excluding carboxylic acids is 1. The van der Waals surface area contributed by atoms with Crippen molar-refractivity contribution in [2.75, 3.05) is 25.2 Å². The van der Waals surface area contributed by atoms with E-state index in [0.717, 1.165) is 29.6 Å². The van der Waals surface area contributed by atoms with E-state index in [1.54, 1.807) is 12.1 Å².